The van der Waals surface area contributed by atoms with E-state index in [4.69, 9.17) is 31.2 Å². The molecule has 3 aromatic rings. The number of aliphatic imine (C=N–C) groups is 1. The number of hydrogen-bond donors (Lipinski definition) is 1. The zero-order valence-electron chi connectivity index (χ0n) is 20.3. The van der Waals surface area contributed by atoms with Crippen LogP contribution in [0.15, 0.2) is 70.8 Å². The molecule has 1 aliphatic rings. The maximum Gasteiger partial charge on any atom is 0.161 e. The van der Waals surface area contributed by atoms with Gasteiger partial charge in [-0.15, -0.1) is 0 Å². The molecular weight excluding hydrogens is 446 g/mol. The van der Waals surface area contributed by atoms with Crippen molar-refractivity contribution >= 4 is 28.8 Å². The summed E-state index contributed by atoms with van der Waals surface area (Å²) >= 11 is 6.38. The molecule has 5 nitrogen and oxygen atoms in total. The van der Waals surface area contributed by atoms with Crippen LogP contribution in [-0.2, 0) is 5.41 Å². The largest absolute Gasteiger partial charge is 0.490 e. The number of nitrogens with zero attached hydrogens (tertiary/aromatic N) is 2. The summed E-state index contributed by atoms with van der Waals surface area (Å²) in [6.07, 6.45) is 0. The second-order valence-corrected chi connectivity index (χ2v) is 9.49. The number of benzene rings is 3. The highest BCUT2D eigenvalue weighted by atomic mass is 35.5. The van der Waals surface area contributed by atoms with Crippen molar-refractivity contribution in [2.24, 2.45) is 10.1 Å². The van der Waals surface area contributed by atoms with Gasteiger partial charge in [0, 0.05) is 21.7 Å². The van der Waals surface area contributed by atoms with E-state index in [1.54, 1.807) is 0 Å². The predicted molar refractivity (Wildman–Crippen MR) is 140 cm³/mol. The average Bonchev–Trinajstić information content (AvgIpc) is 2.99. The molecule has 0 amide bonds. The van der Waals surface area contributed by atoms with Crippen LogP contribution in [0, 0.1) is 0 Å². The van der Waals surface area contributed by atoms with Gasteiger partial charge >= 0.3 is 0 Å². The average molecular weight is 476 g/mol. The zero-order chi connectivity index (χ0) is 24.3. The molecule has 0 saturated heterocycles. The van der Waals surface area contributed by atoms with Crippen molar-refractivity contribution in [2.75, 3.05) is 13.2 Å². The van der Waals surface area contributed by atoms with Gasteiger partial charge in [0.15, 0.2) is 17.3 Å². The van der Waals surface area contributed by atoms with Gasteiger partial charge in [0.05, 0.1) is 18.9 Å². The Morgan fingerprint density at radius 1 is 0.824 bits per heavy atom. The quantitative estimate of drug-likeness (QED) is 0.423. The predicted octanol–water partition coefficient (Wildman–Crippen LogP) is 6.87. The minimum atomic E-state index is 0.0812. The standard InChI is InChI=1S/C28H30ClN3O2/c1-6-33-24-15-10-19(16-25(24)34-7-2)26-22-17-21(29)13-14-23(22)30-27(32-31-26)18-8-11-20(12-9-18)28(3,4)5/h8-17H,6-7H2,1-5H3,(H,30,32). The Labute approximate surface area is 206 Å². The summed E-state index contributed by atoms with van der Waals surface area (Å²) < 4.78 is 11.6. The monoisotopic (exact) mass is 475 g/mol. The first-order valence-corrected chi connectivity index (χ1v) is 11.9. The molecule has 0 spiro atoms. The Kier molecular flexibility index (Phi) is 6.94. The van der Waals surface area contributed by atoms with Crippen LogP contribution in [0.3, 0.4) is 0 Å². The van der Waals surface area contributed by atoms with Crippen LogP contribution in [0.1, 0.15) is 56.9 Å². The van der Waals surface area contributed by atoms with Crippen molar-refractivity contribution in [1.82, 2.24) is 5.43 Å². The van der Waals surface area contributed by atoms with E-state index < -0.39 is 0 Å². The first-order chi connectivity index (χ1) is 16.3. The van der Waals surface area contributed by atoms with Crippen molar-refractivity contribution in [1.29, 1.82) is 0 Å². The van der Waals surface area contributed by atoms with Crippen LogP contribution in [-0.4, -0.2) is 24.8 Å². The van der Waals surface area contributed by atoms with Crippen LogP contribution in [0.5, 0.6) is 11.5 Å². The van der Waals surface area contributed by atoms with Crippen molar-refractivity contribution in [3.8, 4) is 11.5 Å². The van der Waals surface area contributed by atoms with Crippen LogP contribution in [0.25, 0.3) is 0 Å². The van der Waals surface area contributed by atoms with Gasteiger partial charge < -0.3 is 9.47 Å². The molecule has 0 aromatic heterocycles. The number of ether oxygens (including phenoxy) is 2. The van der Waals surface area contributed by atoms with E-state index in [-0.39, 0.29) is 5.41 Å². The number of hydrazone groups is 1. The molecule has 0 unspecified atom stereocenters. The van der Waals surface area contributed by atoms with Gasteiger partial charge in [-0.1, -0.05) is 56.6 Å². The van der Waals surface area contributed by atoms with Gasteiger partial charge in [0.1, 0.15) is 5.71 Å². The SMILES string of the molecule is CCOc1ccc(C2=NNC(c3ccc(C(C)(C)C)cc3)=Nc3ccc(Cl)cc32)cc1OCC. The second kappa shape index (κ2) is 9.90. The zero-order valence-corrected chi connectivity index (χ0v) is 21.0. The van der Waals surface area contributed by atoms with Gasteiger partial charge in [-0.3, -0.25) is 5.43 Å². The van der Waals surface area contributed by atoms with E-state index in [2.05, 4.69) is 50.5 Å². The fraction of sp³-hybridized carbons (Fsp3) is 0.286. The fourth-order valence-corrected chi connectivity index (χ4v) is 3.96. The normalized spacial score (nSPS) is 13.2. The molecule has 3 aromatic carbocycles. The second-order valence-electron chi connectivity index (χ2n) is 9.05. The van der Waals surface area contributed by atoms with Crippen molar-refractivity contribution in [3.63, 3.8) is 0 Å². The van der Waals surface area contributed by atoms with Crippen LogP contribution < -0.4 is 14.9 Å². The Balaban J connectivity index is 1.78. The smallest absolute Gasteiger partial charge is 0.161 e. The van der Waals surface area contributed by atoms with Crippen molar-refractivity contribution in [2.45, 2.75) is 40.0 Å². The Morgan fingerprint density at radius 3 is 2.18 bits per heavy atom. The summed E-state index contributed by atoms with van der Waals surface area (Å²) in [7, 11) is 0. The lowest BCUT2D eigenvalue weighted by Gasteiger charge is -2.19. The van der Waals surface area contributed by atoms with E-state index in [0.717, 1.165) is 28.1 Å². The number of amidine groups is 1. The highest BCUT2D eigenvalue weighted by Gasteiger charge is 2.20. The lowest BCUT2D eigenvalue weighted by Crippen LogP contribution is -2.20. The summed E-state index contributed by atoms with van der Waals surface area (Å²) in [4.78, 5) is 4.90. The molecule has 4 rings (SSSR count). The molecule has 1 aliphatic heterocycles. The lowest BCUT2D eigenvalue weighted by molar-refractivity contribution is 0.287. The lowest BCUT2D eigenvalue weighted by atomic mass is 9.86. The maximum atomic E-state index is 6.38. The fourth-order valence-electron chi connectivity index (χ4n) is 3.79. The van der Waals surface area contributed by atoms with E-state index >= 15 is 0 Å². The van der Waals surface area contributed by atoms with E-state index in [1.807, 2.05) is 50.2 Å². The molecule has 6 heteroatoms. The number of hydrogen-bond acceptors (Lipinski definition) is 5. The topological polar surface area (TPSA) is 55.2 Å². The molecule has 0 bridgehead atoms. The van der Waals surface area contributed by atoms with Crippen LogP contribution in [0.4, 0.5) is 5.69 Å². The summed E-state index contributed by atoms with van der Waals surface area (Å²) in [5.74, 6) is 2.06. The Morgan fingerprint density at radius 2 is 1.50 bits per heavy atom. The molecule has 1 N–H and O–H groups in total. The highest BCUT2D eigenvalue weighted by molar-refractivity contribution is 6.31. The summed E-state index contributed by atoms with van der Waals surface area (Å²) in [6.45, 7) is 11.6. The molecule has 0 radical (unpaired) electrons. The number of rotatable bonds is 6. The van der Waals surface area contributed by atoms with Crippen molar-refractivity contribution in [3.05, 3.63) is 87.9 Å². The van der Waals surface area contributed by atoms with E-state index in [0.29, 0.717) is 35.6 Å². The minimum absolute atomic E-state index is 0.0812. The first-order valence-electron chi connectivity index (χ1n) is 11.5. The molecular formula is C28H30ClN3O2. The summed E-state index contributed by atoms with van der Waals surface area (Å²) in [5, 5.41) is 5.38. The van der Waals surface area contributed by atoms with E-state index in [1.165, 1.54) is 5.56 Å². The van der Waals surface area contributed by atoms with E-state index in [9.17, 15) is 0 Å². The highest BCUT2D eigenvalue weighted by Crippen LogP contribution is 2.33. The minimum Gasteiger partial charge on any atom is -0.490 e. The molecule has 0 aliphatic carbocycles. The third-order valence-electron chi connectivity index (χ3n) is 5.56. The van der Waals surface area contributed by atoms with Gasteiger partial charge in [-0.2, -0.15) is 5.10 Å². The third-order valence-corrected chi connectivity index (χ3v) is 5.80. The Hall–Kier alpha value is -3.31. The molecule has 34 heavy (non-hydrogen) atoms. The molecule has 0 fully saturated rings. The maximum absolute atomic E-state index is 6.38. The molecule has 0 saturated carbocycles. The van der Waals surface area contributed by atoms with Gasteiger partial charge in [0.25, 0.3) is 0 Å². The van der Waals surface area contributed by atoms with Crippen molar-refractivity contribution < 1.29 is 9.47 Å². The number of halogens is 1. The Bertz CT molecular complexity index is 1240. The summed E-state index contributed by atoms with van der Waals surface area (Å²) in [6, 6.07) is 19.9. The molecule has 1 heterocycles. The van der Waals surface area contributed by atoms with Crippen LogP contribution in [0.2, 0.25) is 5.02 Å². The van der Waals surface area contributed by atoms with Crippen LogP contribution >= 0.6 is 11.6 Å². The van der Waals surface area contributed by atoms with Gasteiger partial charge in [-0.05, 0) is 61.2 Å². The first kappa shape index (κ1) is 23.8. The van der Waals surface area contributed by atoms with Gasteiger partial charge in [-0.25, -0.2) is 4.99 Å². The number of nitrogens with one attached hydrogen (secondary N) is 1. The molecule has 0 atom stereocenters. The third kappa shape index (κ3) is 5.10. The molecule has 176 valence electrons. The summed E-state index contributed by atoms with van der Waals surface area (Å²) in [5.41, 5.74) is 8.72. The van der Waals surface area contributed by atoms with Gasteiger partial charge in [0.2, 0.25) is 0 Å². The number of fused-ring (bicyclic) bond motifs is 1.